The second kappa shape index (κ2) is 12.4. The van der Waals surface area contributed by atoms with E-state index in [2.05, 4.69) is 17.1 Å². The van der Waals surface area contributed by atoms with E-state index in [4.69, 9.17) is 9.47 Å². The Hall–Kier alpha value is -0.200. The molecule has 0 aromatic carbocycles. The van der Waals surface area contributed by atoms with E-state index >= 15 is 0 Å². The van der Waals surface area contributed by atoms with Gasteiger partial charge in [0.1, 0.15) is 0 Å². The Morgan fingerprint density at radius 1 is 1.29 bits per heavy atom. The van der Waals surface area contributed by atoms with Crippen molar-refractivity contribution in [1.82, 2.24) is 10.2 Å². The maximum atomic E-state index is 9.76. The number of nitrogens with one attached hydrogen (secondary N) is 1. The van der Waals surface area contributed by atoms with Crippen LogP contribution in [-0.4, -0.2) is 74.8 Å². The van der Waals surface area contributed by atoms with Crippen molar-refractivity contribution < 1.29 is 14.6 Å². The summed E-state index contributed by atoms with van der Waals surface area (Å²) >= 11 is 0. The first-order valence-corrected chi connectivity index (χ1v) is 8.52. The minimum atomic E-state index is -0.430. The van der Waals surface area contributed by atoms with Gasteiger partial charge in [-0.25, -0.2) is 0 Å². The van der Waals surface area contributed by atoms with Crippen LogP contribution in [0.3, 0.4) is 0 Å². The molecule has 126 valence electrons. The molecule has 0 spiro atoms. The quantitative estimate of drug-likeness (QED) is 0.532. The van der Waals surface area contributed by atoms with E-state index in [1.165, 1.54) is 25.8 Å². The zero-order chi connectivity index (χ0) is 15.3. The number of aliphatic hydroxyl groups excluding tert-OH is 1. The van der Waals surface area contributed by atoms with Gasteiger partial charge < -0.3 is 24.8 Å². The fourth-order valence-corrected chi connectivity index (χ4v) is 2.71. The largest absolute Gasteiger partial charge is 0.389 e. The first kappa shape index (κ1) is 18.8. The molecule has 1 aliphatic rings. The van der Waals surface area contributed by atoms with Crippen molar-refractivity contribution in [2.24, 2.45) is 0 Å². The Morgan fingerprint density at radius 3 is 2.86 bits per heavy atom. The molecule has 2 N–H and O–H groups in total. The highest BCUT2D eigenvalue weighted by atomic mass is 16.5. The van der Waals surface area contributed by atoms with Crippen molar-refractivity contribution in [3.8, 4) is 0 Å². The standard InChI is InChI=1S/C16H34N2O3/c1-3-20-11-12-21-14-16(19)13-17-8-6-10-18-9-5-4-7-15(18)2/h15-17,19H,3-14H2,1-2H3. The Morgan fingerprint density at radius 2 is 2.10 bits per heavy atom. The molecule has 1 aliphatic heterocycles. The summed E-state index contributed by atoms with van der Waals surface area (Å²) in [5.41, 5.74) is 0. The number of aliphatic hydroxyl groups is 1. The molecule has 1 rings (SSSR count). The lowest BCUT2D eigenvalue weighted by atomic mass is 10.0. The van der Waals surface area contributed by atoms with Gasteiger partial charge in [-0.1, -0.05) is 6.42 Å². The van der Waals surface area contributed by atoms with Gasteiger partial charge in [0.25, 0.3) is 0 Å². The normalized spacial score (nSPS) is 21.6. The molecule has 2 atom stereocenters. The van der Waals surface area contributed by atoms with Crippen molar-refractivity contribution in [1.29, 1.82) is 0 Å². The van der Waals surface area contributed by atoms with E-state index in [0.717, 1.165) is 25.6 Å². The lowest BCUT2D eigenvalue weighted by Crippen LogP contribution is -2.39. The van der Waals surface area contributed by atoms with Gasteiger partial charge in [-0.2, -0.15) is 0 Å². The third-order valence-electron chi connectivity index (χ3n) is 4.01. The van der Waals surface area contributed by atoms with Crippen molar-refractivity contribution in [3.05, 3.63) is 0 Å². The van der Waals surface area contributed by atoms with Crippen molar-refractivity contribution in [2.75, 3.05) is 52.6 Å². The maximum absolute atomic E-state index is 9.76. The van der Waals surface area contributed by atoms with E-state index in [1.807, 2.05) is 6.92 Å². The highest BCUT2D eigenvalue weighted by Gasteiger charge is 2.16. The van der Waals surface area contributed by atoms with E-state index in [1.54, 1.807) is 0 Å². The van der Waals surface area contributed by atoms with Gasteiger partial charge in [-0.15, -0.1) is 0 Å². The summed E-state index contributed by atoms with van der Waals surface area (Å²) in [7, 11) is 0. The predicted molar refractivity (Wildman–Crippen MR) is 85.7 cm³/mol. The Bertz CT molecular complexity index is 242. The van der Waals surface area contributed by atoms with Crippen molar-refractivity contribution >= 4 is 0 Å². The summed E-state index contributed by atoms with van der Waals surface area (Å²) < 4.78 is 10.5. The number of nitrogens with zero attached hydrogens (tertiary/aromatic N) is 1. The molecular formula is C16H34N2O3. The fraction of sp³-hybridized carbons (Fsp3) is 1.00. The lowest BCUT2D eigenvalue weighted by Gasteiger charge is -2.33. The van der Waals surface area contributed by atoms with Crippen LogP contribution >= 0.6 is 0 Å². The van der Waals surface area contributed by atoms with Gasteiger partial charge in [-0.05, 0) is 52.7 Å². The smallest absolute Gasteiger partial charge is 0.0897 e. The average molecular weight is 302 g/mol. The van der Waals surface area contributed by atoms with Gasteiger partial charge in [0, 0.05) is 19.2 Å². The Balaban J connectivity index is 1.88. The summed E-state index contributed by atoms with van der Waals surface area (Å²) in [6, 6.07) is 0.739. The third kappa shape index (κ3) is 9.42. The maximum Gasteiger partial charge on any atom is 0.0897 e. The average Bonchev–Trinajstić information content (AvgIpc) is 2.48. The number of hydrogen-bond acceptors (Lipinski definition) is 5. The van der Waals surface area contributed by atoms with Crippen LogP contribution in [0.4, 0.5) is 0 Å². The van der Waals surface area contributed by atoms with Crippen LogP contribution in [0.25, 0.3) is 0 Å². The highest BCUT2D eigenvalue weighted by Crippen LogP contribution is 2.15. The minimum absolute atomic E-state index is 0.378. The highest BCUT2D eigenvalue weighted by molar-refractivity contribution is 4.73. The van der Waals surface area contributed by atoms with Crippen LogP contribution in [0.15, 0.2) is 0 Å². The van der Waals surface area contributed by atoms with E-state index in [9.17, 15) is 5.11 Å². The molecule has 0 aromatic rings. The second-order valence-corrected chi connectivity index (χ2v) is 5.86. The minimum Gasteiger partial charge on any atom is -0.389 e. The molecule has 1 fully saturated rings. The third-order valence-corrected chi connectivity index (χ3v) is 4.01. The van der Waals surface area contributed by atoms with Crippen LogP contribution < -0.4 is 5.32 Å². The molecule has 5 heteroatoms. The predicted octanol–water partition coefficient (Wildman–Crippen LogP) is 1.25. The molecule has 0 radical (unpaired) electrons. The van der Waals surface area contributed by atoms with Crippen LogP contribution in [0.5, 0.6) is 0 Å². The molecule has 0 amide bonds. The van der Waals surface area contributed by atoms with Crippen molar-refractivity contribution in [2.45, 2.75) is 51.7 Å². The zero-order valence-electron chi connectivity index (χ0n) is 13.9. The van der Waals surface area contributed by atoms with E-state index in [-0.39, 0.29) is 0 Å². The van der Waals surface area contributed by atoms with Crippen LogP contribution in [0, 0.1) is 0 Å². The molecule has 1 saturated heterocycles. The molecule has 1 heterocycles. The Kier molecular flexibility index (Phi) is 11.1. The van der Waals surface area contributed by atoms with Gasteiger partial charge in [-0.3, -0.25) is 0 Å². The van der Waals surface area contributed by atoms with Crippen LogP contribution in [0.2, 0.25) is 0 Å². The molecule has 0 aliphatic carbocycles. The monoisotopic (exact) mass is 302 g/mol. The van der Waals surface area contributed by atoms with Gasteiger partial charge in [0.15, 0.2) is 0 Å². The van der Waals surface area contributed by atoms with Gasteiger partial charge >= 0.3 is 0 Å². The number of ether oxygens (including phenoxy) is 2. The summed E-state index contributed by atoms with van der Waals surface area (Å²) in [4.78, 5) is 2.58. The first-order chi connectivity index (χ1) is 10.2. The number of likely N-dealkylation sites (tertiary alicyclic amines) is 1. The molecule has 0 aromatic heterocycles. The molecule has 2 unspecified atom stereocenters. The summed E-state index contributed by atoms with van der Waals surface area (Å²) in [6.45, 7) is 10.5. The number of rotatable bonds is 12. The topological polar surface area (TPSA) is 54.0 Å². The SMILES string of the molecule is CCOCCOCC(O)CNCCCN1CCCCC1C. The summed E-state index contributed by atoms with van der Waals surface area (Å²) in [5, 5.41) is 13.1. The molecule has 0 bridgehead atoms. The molecule has 5 nitrogen and oxygen atoms in total. The van der Waals surface area contributed by atoms with E-state index < -0.39 is 6.10 Å². The second-order valence-electron chi connectivity index (χ2n) is 5.86. The first-order valence-electron chi connectivity index (χ1n) is 8.52. The molecule has 21 heavy (non-hydrogen) atoms. The number of hydrogen-bond donors (Lipinski definition) is 2. The van der Waals surface area contributed by atoms with Gasteiger partial charge in [0.05, 0.1) is 25.9 Å². The summed E-state index contributed by atoms with van der Waals surface area (Å²) in [5.74, 6) is 0. The molecular weight excluding hydrogens is 268 g/mol. The van der Waals surface area contributed by atoms with Crippen LogP contribution in [0.1, 0.15) is 39.5 Å². The van der Waals surface area contributed by atoms with Crippen LogP contribution in [-0.2, 0) is 9.47 Å². The van der Waals surface area contributed by atoms with Crippen molar-refractivity contribution in [3.63, 3.8) is 0 Å². The number of piperidine rings is 1. The molecule has 0 saturated carbocycles. The zero-order valence-corrected chi connectivity index (χ0v) is 13.9. The van der Waals surface area contributed by atoms with E-state index in [0.29, 0.717) is 33.0 Å². The lowest BCUT2D eigenvalue weighted by molar-refractivity contribution is 0.00648. The fourth-order valence-electron chi connectivity index (χ4n) is 2.71. The summed E-state index contributed by atoms with van der Waals surface area (Å²) in [6.07, 6.45) is 4.77. The Labute approximate surface area is 130 Å². The van der Waals surface area contributed by atoms with Gasteiger partial charge in [0.2, 0.25) is 0 Å².